The number of hydrogen-bond acceptors (Lipinski definition) is 2. The van der Waals surface area contributed by atoms with Crippen LogP contribution < -0.4 is 5.32 Å². The van der Waals surface area contributed by atoms with E-state index in [9.17, 15) is 13.6 Å². The van der Waals surface area contributed by atoms with Crippen molar-refractivity contribution in [2.45, 2.75) is 18.6 Å². The van der Waals surface area contributed by atoms with Crippen molar-refractivity contribution in [2.75, 3.05) is 0 Å². The van der Waals surface area contributed by atoms with Crippen LogP contribution >= 0.6 is 0 Å². The van der Waals surface area contributed by atoms with E-state index in [1.54, 1.807) is 6.08 Å². The average molecular weight is 255 g/mol. The quantitative estimate of drug-likeness (QED) is 0.853. The topological polar surface area (TPSA) is 58.6 Å². The Balaban J connectivity index is 2.31. The molecular weight excluding hydrogens is 244 g/mol. The third-order valence-corrected chi connectivity index (χ3v) is 2.65. The lowest BCUT2D eigenvalue weighted by Gasteiger charge is -2.29. The van der Waals surface area contributed by atoms with Gasteiger partial charge in [-0.1, -0.05) is 0 Å². The molecule has 0 radical (unpaired) electrons. The van der Waals surface area contributed by atoms with Crippen LogP contribution in [-0.2, 0) is 4.74 Å². The standard InChI is InChI=1S/C12H11F2NO3/c13-7-3-4-9(14)8(6-7)11-10(15-12(16)17)2-1-5-18-11/h1,3-6,10-11,15H,2H2,(H,16,17)/t10-,11-/m0/s1. The number of nitrogens with one attached hydrogen (secondary N) is 1. The highest BCUT2D eigenvalue weighted by Crippen LogP contribution is 2.29. The molecule has 0 bridgehead atoms. The molecule has 1 aromatic carbocycles. The second-order valence-corrected chi connectivity index (χ2v) is 3.89. The van der Waals surface area contributed by atoms with Crippen LogP contribution in [0.25, 0.3) is 0 Å². The van der Waals surface area contributed by atoms with Gasteiger partial charge in [0.05, 0.1) is 12.3 Å². The molecule has 0 saturated heterocycles. The molecule has 96 valence electrons. The number of carbonyl (C=O) groups is 1. The Morgan fingerprint density at radius 2 is 2.22 bits per heavy atom. The van der Waals surface area contributed by atoms with Crippen molar-refractivity contribution >= 4 is 6.09 Å². The van der Waals surface area contributed by atoms with Gasteiger partial charge >= 0.3 is 6.09 Å². The first-order chi connectivity index (χ1) is 8.58. The Labute approximate surface area is 102 Å². The van der Waals surface area contributed by atoms with E-state index in [2.05, 4.69) is 5.32 Å². The van der Waals surface area contributed by atoms with Crippen molar-refractivity contribution < 1.29 is 23.4 Å². The summed E-state index contributed by atoms with van der Waals surface area (Å²) >= 11 is 0. The van der Waals surface area contributed by atoms with Gasteiger partial charge in [-0.2, -0.15) is 0 Å². The summed E-state index contributed by atoms with van der Waals surface area (Å²) in [6, 6.07) is 2.35. The van der Waals surface area contributed by atoms with E-state index in [0.717, 1.165) is 18.2 Å². The van der Waals surface area contributed by atoms with Gasteiger partial charge in [-0.05, 0) is 30.7 Å². The fourth-order valence-corrected chi connectivity index (χ4v) is 1.88. The SMILES string of the molecule is O=C(O)N[C@H]1CC=CO[C@H]1c1cc(F)ccc1F. The van der Waals surface area contributed by atoms with Gasteiger partial charge < -0.3 is 15.2 Å². The molecular formula is C12H11F2NO3. The summed E-state index contributed by atoms with van der Waals surface area (Å²) in [5, 5.41) is 10.9. The van der Waals surface area contributed by atoms with Gasteiger partial charge in [-0.3, -0.25) is 0 Å². The van der Waals surface area contributed by atoms with Gasteiger partial charge in [-0.25, -0.2) is 13.6 Å². The van der Waals surface area contributed by atoms with E-state index in [1.165, 1.54) is 6.26 Å². The highest BCUT2D eigenvalue weighted by atomic mass is 19.1. The zero-order chi connectivity index (χ0) is 13.1. The molecule has 4 nitrogen and oxygen atoms in total. The Bertz CT molecular complexity index is 490. The highest BCUT2D eigenvalue weighted by molar-refractivity contribution is 5.65. The Hall–Kier alpha value is -2.11. The van der Waals surface area contributed by atoms with Gasteiger partial charge in [0, 0.05) is 5.56 Å². The molecule has 2 rings (SSSR count). The largest absolute Gasteiger partial charge is 0.491 e. The van der Waals surface area contributed by atoms with Crippen molar-refractivity contribution in [2.24, 2.45) is 0 Å². The van der Waals surface area contributed by atoms with Crippen LogP contribution in [0.15, 0.2) is 30.5 Å². The molecule has 1 amide bonds. The molecule has 2 atom stereocenters. The van der Waals surface area contributed by atoms with Crippen LogP contribution in [-0.4, -0.2) is 17.2 Å². The first-order valence-corrected chi connectivity index (χ1v) is 5.33. The van der Waals surface area contributed by atoms with Crippen molar-refractivity contribution in [3.63, 3.8) is 0 Å². The second-order valence-electron chi connectivity index (χ2n) is 3.89. The lowest BCUT2D eigenvalue weighted by atomic mass is 9.97. The Morgan fingerprint density at radius 1 is 1.44 bits per heavy atom. The maximum absolute atomic E-state index is 13.6. The van der Waals surface area contributed by atoms with Crippen molar-refractivity contribution in [1.82, 2.24) is 5.32 Å². The molecule has 0 unspecified atom stereocenters. The monoisotopic (exact) mass is 255 g/mol. The van der Waals surface area contributed by atoms with Crippen LogP contribution in [0.3, 0.4) is 0 Å². The van der Waals surface area contributed by atoms with Crippen molar-refractivity contribution in [1.29, 1.82) is 0 Å². The molecule has 0 fully saturated rings. The molecule has 2 N–H and O–H groups in total. The number of carboxylic acid groups (broad SMARTS) is 1. The van der Waals surface area contributed by atoms with Crippen LogP contribution in [0.4, 0.5) is 13.6 Å². The highest BCUT2D eigenvalue weighted by Gasteiger charge is 2.29. The number of benzene rings is 1. The smallest absolute Gasteiger partial charge is 0.405 e. The molecule has 0 aliphatic carbocycles. The summed E-state index contributed by atoms with van der Waals surface area (Å²) < 4.78 is 31.9. The zero-order valence-electron chi connectivity index (χ0n) is 9.27. The predicted molar refractivity (Wildman–Crippen MR) is 58.9 cm³/mol. The Morgan fingerprint density at radius 3 is 2.94 bits per heavy atom. The number of halogens is 2. The fourth-order valence-electron chi connectivity index (χ4n) is 1.88. The van der Waals surface area contributed by atoms with Crippen molar-refractivity contribution in [3.05, 3.63) is 47.7 Å². The minimum Gasteiger partial charge on any atom is -0.491 e. The summed E-state index contributed by atoms with van der Waals surface area (Å²) in [4.78, 5) is 10.6. The predicted octanol–water partition coefficient (Wildman–Crippen LogP) is 2.58. The van der Waals surface area contributed by atoms with Gasteiger partial charge in [0.15, 0.2) is 0 Å². The van der Waals surface area contributed by atoms with Crippen LogP contribution in [0.2, 0.25) is 0 Å². The molecule has 0 aromatic heterocycles. The van der Waals surface area contributed by atoms with Gasteiger partial charge in [0.25, 0.3) is 0 Å². The Kier molecular flexibility index (Phi) is 3.45. The molecule has 1 aliphatic heterocycles. The first kappa shape index (κ1) is 12.3. The van der Waals surface area contributed by atoms with E-state index in [1.807, 2.05) is 0 Å². The maximum Gasteiger partial charge on any atom is 0.405 e. The molecule has 1 aromatic rings. The molecule has 6 heteroatoms. The normalized spacial score (nSPS) is 22.3. The average Bonchev–Trinajstić information content (AvgIpc) is 2.32. The summed E-state index contributed by atoms with van der Waals surface area (Å²) in [7, 11) is 0. The van der Waals surface area contributed by atoms with E-state index in [-0.39, 0.29) is 5.56 Å². The van der Waals surface area contributed by atoms with Gasteiger partial charge in [0.2, 0.25) is 0 Å². The number of hydrogen-bond donors (Lipinski definition) is 2. The lowest BCUT2D eigenvalue weighted by Crippen LogP contribution is -2.40. The summed E-state index contributed by atoms with van der Waals surface area (Å²) in [6.45, 7) is 0. The van der Waals surface area contributed by atoms with Gasteiger partial charge in [-0.15, -0.1) is 0 Å². The van der Waals surface area contributed by atoms with E-state index >= 15 is 0 Å². The minimum atomic E-state index is -1.24. The third-order valence-electron chi connectivity index (χ3n) is 2.65. The van der Waals surface area contributed by atoms with E-state index in [0.29, 0.717) is 6.42 Å². The molecule has 18 heavy (non-hydrogen) atoms. The van der Waals surface area contributed by atoms with E-state index in [4.69, 9.17) is 9.84 Å². The number of rotatable bonds is 2. The fraction of sp³-hybridized carbons (Fsp3) is 0.250. The third kappa shape index (κ3) is 2.58. The minimum absolute atomic E-state index is 0.00176. The maximum atomic E-state index is 13.6. The summed E-state index contributed by atoms with van der Waals surface area (Å²) in [5.74, 6) is -1.23. The van der Waals surface area contributed by atoms with Crippen LogP contribution in [0.1, 0.15) is 18.1 Å². The molecule has 0 saturated carbocycles. The summed E-state index contributed by atoms with van der Waals surface area (Å²) in [5.41, 5.74) is -0.00176. The zero-order valence-corrected chi connectivity index (χ0v) is 9.27. The molecule has 1 aliphatic rings. The summed E-state index contributed by atoms with van der Waals surface area (Å²) in [6.07, 6.45) is 1.22. The number of ether oxygens (including phenoxy) is 1. The van der Waals surface area contributed by atoms with Gasteiger partial charge in [0.1, 0.15) is 17.7 Å². The first-order valence-electron chi connectivity index (χ1n) is 5.33. The molecule has 0 spiro atoms. The number of amides is 1. The van der Waals surface area contributed by atoms with E-state index < -0.39 is 29.9 Å². The van der Waals surface area contributed by atoms with Crippen LogP contribution in [0.5, 0.6) is 0 Å². The molecule has 1 heterocycles. The van der Waals surface area contributed by atoms with Crippen LogP contribution in [0, 0.1) is 11.6 Å². The lowest BCUT2D eigenvalue weighted by molar-refractivity contribution is 0.0849. The van der Waals surface area contributed by atoms with Crippen molar-refractivity contribution in [3.8, 4) is 0 Å². The second kappa shape index (κ2) is 5.03.